The minimum Gasteiger partial charge on any atom is -0.368 e. The summed E-state index contributed by atoms with van der Waals surface area (Å²) in [6, 6.07) is 9.47. The summed E-state index contributed by atoms with van der Waals surface area (Å²) in [5, 5.41) is 0. The highest BCUT2D eigenvalue weighted by Crippen LogP contribution is 2.17. The Morgan fingerprint density at radius 1 is 1.18 bits per heavy atom. The van der Waals surface area contributed by atoms with Crippen LogP contribution in [0.2, 0.25) is 0 Å². The third-order valence-corrected chi connectivity index (χ3v) is 3.33. The molecule has 114 valence electrons. The molecule has 2 rings (SSSR count). The fourth-order valence-electron chi connectivity index (χ4n) is 2.15. The highest BCUT2D eigenvalue weighted by atomic mass is 16.2. The molecule has 0 aliphatic carbocycles. The molecule has 0 bridgehead atoms. The Kier molecular flexibility index (Phi) is 5.19. The number of amides is 2. The van der Waals surface area contributed by atoms with Crippen molar-refractivity contribution in [2.24, 2.45) is 5.73 Å². The van der Waals surface area contributed by atoms with E-state index in [1.807, 2.05) is 30.3 Å². The maximum Gasteiger partial charge on any atom is 0.237 e. The molecule has 0 spiro atoms. The number of hydrogen-bond donors (Lipinski definition) is 1. The van der Waals surface area contributed by atoms with E-state index in [9.17, 15) is 9.59 Å². The Bertz CT molecular complexity index is 631. The number of nitrogens with zero attached hydrogens (tertiary/aromatic N) is 3. The van der Waals surface area contributed by atoms with E-state index in [0.29, 0.717) is 12.1 Å². The van der Waals surface area contributed by atoms with Crippen LogP contribution in [0.1, 0.15) is 24.0 Å². The Labute approximate surface area is 129 Å². The Morgan fingerprint density at radius 2 is 1.82 bits per heavy atom. The molecular formula is C16H18N4O2. The number of primary amides is 1. The largest absolute Gasteiger partial charge is 0.368 e. The van der Waals surface area contributed by atoms with Crippen LogP contribution in [0, 0.1) is 0 Å². The Balaban J connectivity index is 2.17. The smallest absolute Gasteiger partial charge is 0.237 e. The Hall–Kier alpha value is -2.76. The molecule has 6 nitrogen and oxygen atoms in total. The number of carbonyl (C=O) groups is 2. The van der Waals surface area contributed by atoms with Crippen molar-refractivity contribution < 1.29 is 9.59 Å². The molecule has 0 saturated heterocycles. The van der Waals surface area contributed by atoms with Gasteiger partial charge in [0, 0.05) is 24.5 Å². The molecule has 6 heteroatoms. The van der Waals surface area contributed by atoms with Gasteiger partial charge in [-0.05, 0) is 12.5 Å². The minimum absolute atomic E-state index is 0.119. The zero-order valence-corrected chi connectivity index (χ0v) is 12.3. The second-order valence-electron chi connectivity index (χ2n) is 5.04. The molecule has 0 fully saturated rings. The van der Waals surface area contributed by atoms with Crippen molar-refractivity contribution in [3.63, 3.8) is 0 Å². The molecule has 0 aliphatic heterocycles. The summed E-state index contributed by atoms with van der Waals surface area (Å²) < 4.78 is 0. The highest BCUT2D eigenvalue weighted by Gasteiger charge is 2.23. The van der Waals surface area contributed by atoms with Crippen LogP contribution in [-0.4, -0.2) is 33.2 Å². The van der Waals surface area contributed by atoms with E-state index in [1.54, 1.807) is 19.3 Å². The van der Waals surface area contributed by atoms with Crippen molar-refractivity contribution in [2.75, 3.05) is 6.54 Å². The maximum atomic E-state index is 12.6. The van der Waals surface area contributed by atoms with Gasteiger partial charge in [-0.15, -0.1) is 0 Å². The summed E-state index contributed by atoms with van der Waals surface area (Å²) in [6.07, 6.45) is 4.60. The van der Waals surface area contributed by atoms with E-state index >= 15 is 0 Å². The van der Waals surface area contributed by atoms with Crippen LogP contribution in [0.3, 0.4) is 0 Å². The summed E-state index contributed by atoms with van der Waals surface area (Å²) in [4.78, 5) is 33.2. The van der Waals surface area contributed by atoms with Gasteiger partial charge < -0.3 is 10.6 Å². The maximum absolute atomic E-state index is 12.6. The topological polar surface area (TPSA) is 89.2 Å². The van der Waals surface area contributed by atoms with Gasteiger partial charge in [0.2, 0.25) is 11.8 Å². The third kappa shape index (κ3) is 4.12. The molecule has 2 N–H and O–H groups in total. The van der Waals surface area contributed by atoms with Gasteiger partial charge in [0.15, 0.2) is 0 Å². The zero-order chi connectivity index (χ0) is 15.9. The third-order valence-electron chi connectivity index (χ3n) is 3.33. The first-order valence-electron chi connectivity index (χ1n) is 6.94. The SMILES string of the molecule is CC(C(=O)N(CC(N)=O)Cc1ccccc1)c1cncnc1. The molecule has 0 saturated carbocycles. The lowest BCUT2D eigenvalue weighted by Crippen LogP contribution is -2.40. The fourth-order valence-corrected chi connectivity index (χ4v) is 2.15. The fraction of sp³-hybridized carbons (Fsp3) is 0.250. The van der Waals surface area contributed by atoms with Gasteiger partial charge in [0.1, 0.15) is 6.33 Å². The summed E-state index contributed by atoms with van der Waals surface area (Å²) >= 11 is 0. The van der Waals surface area contributed by atoms with E-state index in [2.05, 4.69) is 9.97 Å². The minimum atomic E-state index is -0.541. The summed E-state index contributed by atoms with van der Waals surface area (Å²) in [7, 11) is 0. The number of hydrogen-bond acceptors (Lipinski definition) is 4. The number of carbonyl (C=O) groups excluding carboxylic acids is 2. The highest BCUT2D eigenvalue weighted by molar-refractivity contribution is 5.87. The van der Waals surface area contributed by atoms with Crippen molar-refractivity contribution in [2.45, 2.75) is 19.4 Å². The molecule has 1 heterocycles. The van der Waals surface area contributed by atoms with Gasteiger partial charge in [-0.3, -0.25) is 9.59 Å². The van der Waals surface area contributed by atoms with Gasteiger partial charge in [-0.2, -0.15) is 0 Å². The van der Waals surface area contributed by atoms with E-state index in [0.717, 1.165) is 5.56 Å². The lowest BCUT2D eigenvalue weighted by molar-refractivity contribution is -0.136. The van der Waals surface area contributed by atoms with Gasteiger partial charge in [0.25, 0.3) is 0 Å². The molecule has 22 heavy (non-hydrogen) atoms. The predicted octanol–water partition coefficient (Wildman–Crippen LogP) is 1.09. The van der Waals surface area contributed by atoms with E-state index < -0.39 is 11.8 Å². The zero-order valence-electron chi connectivity index (χ0n) is 12.3. The van der Waals surface area contributed by atoms with Gasteiger partial charge in [-0.25, -0.2) is 9.97 Å². The lowest BCUT2D eigenvalue weighted by atomic mass is 10.0. The van der Waals surface area contributed by atoms with Crippen LogP contribution in [0.5, 0.6) is 0 Å². The molecule has 2 aromatic rings. The summed E-state index contributed by atoms with van der Waals surface area (Å²) in [6.45, 7) is 1.98. The molecule has 0 aliphatic rings. The van der Waals surface area contributed by atoms with Gasteiger partial charge >= 0.3 is 0 Å². The molecule has 1 unspecified atom stereocenters. The number of rotatable bonds is 6. The first kappa shape index (κ1) is 15.6. The van der Waals surface area contributed by atoms with E-state index in [-0.39, 0.29) is 12.5 Å². The Morgan fingerprint density at radius 3 is 2.41 bits per heavy atom. The average molecular weight is 298 g/mol. The average Bonchev–Trinajstić information content (AvgIpc) is 2.54. The van der Waals surface area contributed by atoms with Crippen molar-refractivity contribution in [1.82, 2.24) is 14.9 Å². The van der Waals surface area contributed by atoms with Crippen LogP contribution in [0.25, 0.3) is 0 Å². The summed E-state index contributed by atoms with van der Waals surface area (Å²) in [5.74, 6) is -1.16. The first-order chi connectivity index (χ1) is 10.6. The molecule has 0 radical (unpaired) electrons. The van der Waals surface area contributed by atoms with Crippen LogP contribution < -0.4 is 5.73 Å². The summed E-state index contributed by atoms with van der Waals surface area (Å²) in [5.41, 5.74) is 6.91. The van der Waals surface area contributed by atoms with Gasteiger partial charge in [-0.1, -0.05) is 30.3 Å². The van der Waals surface area contributed by atoms with Crippen molar-refractivity contribution >= 4 is 11.8 Å². The van der Waals surface area contributed by atoms with E-state index in [1.165, 1.54) is 11.2 Å². The number of nitrogens with two attached hydrogens (primary N) is 1. The molecule has 1 atom stereocenters. The molecular weight excluding hydrogens is 280 g/mol. The number of aromatic nitrogens is 2. The lowest BCUT2D eigenvalue weighted by Gasteiger charge is -2.24. The van der Waals surface area contributed by atoms with Crippen LogP contribution in [-0.2, 0) is 16.1 Å². The van der Waals surface area contributed by atoms with Crippen molar-refractivity contribution in [3.05, 3.63) is 60.2 Å². The first-order valence-corrected chi connectivity index (χ1v) is 6.94. The van der Waals surface area contributed by atoms with Crippen LogP contribution in [0.15, 0.2) is 49.1 Å². The number of benzene rings is 1. The van der Waals surface area contributed by atoms with Crippen LogP contribution >= 0.6 is 0 Å². The second kappa shape index (κ2) is 7.31. The normalized spacial score (nSPS) is 11.7. The molecule has 2 amide bonds. The van der Waals surface area contributed by atoms with Crippen molar-refractivity contribution in [1.29, 1.82) is 0 Å². The quantitative estimate of drug-likeness (QED) is 0.864. The van der Waals surface area contributed by atoms with E-state index in [4.69, 9.17) is 5.73 Å². The standard InChI is InChI=1S/C16H18N4O2/c1-12(14-7-18-11-19-8-14)16(22)20(10-15(17)21)9-13-5-3-2-4-6-13/h2-8,11-12H,9-10H2,1H3,(H2,17,21). The van der Waals surface area contributed by atoms with Crippen LogP contribution in [0.4, 0.5) is 0 Å². The second-order valence-corrected chi connectivity index (χ2v) is 5.04. The van der Waals surface area contributed by atoms with Crippen molar-refractivity contribution in [3.8, 4) is 0 Å². The predicted molar refractivity (Wildman–Crippen MR) is 81.5 cm³/mol. The monoisotopic (exact) mass is 298 g/mol. The molecule has 1 aromatic heterocycles. The van der Waals surface area contributed by atoms with Gasteiger partial charge in [0.05, 0.1) is 12.5 Å². The molecule has 1 aromatic carbocycles.